The average molecular weight is 364 g/mol. The third-order valence-corrected chi connectivity index (χ3v) is 6.00. The lowest BCUT2D eigenvalue weighted by Crippen LogP contribution is -3.18. The molecule has 0 unspecified atom stereocenters. The minimum atomic E-state index is -0.386. The topological polar surface area (TPSA) is 54.9 Å². The van der Waals surface area contributed by atoms with Crippen LogP contribution < -0.4 is 10.5 Å². The number of aromatic hydroxyl groups is 1. The van der Waals surface area contributed by atoms with Crippen molar-refractivity contribution in [1.29, 1.82) is 0 Å². The second-order valence-electron chi connectivity index (χ2n) is 7.77. The van der Waals surface area contributed by atoms with Crippen LogP contribution in [0.2, 0.25) is 0 Å². The number of phenols is 1. The highest BCUT2D eigenvalue weighted by molar-refractivity contribution is 5.95. The molecule has 140 valence electrons. The molecular weight excluding hydrogens is 338 g/mol. The fourth-order valence-corrected chi connectivity index (χ4v) is 4.44. The first-order valence-electron chi connectivity index (χ1n) is 9.74. The van der Waals surface area contributed by atoms with E-state index in [0.717, 1.165) is 22.1 Å². The summed E-state index contributed by atoms with van der Waals surface area (Å²) in [5.74, 6) is 0.202. The zero-order valence-electron chi connectivity index (χ0n) is 15.9. The molecule has 1 aromatic heterocycles. The highest BCUT2D eigenvalue weighted by atomic mass is 16.4. The van der Waals surface area contributed by atoms with E-state index in [1.54, 1.807) is 6.07 Å². The number of phenolic OH excluding ortho intramolecular Hbond substituents is 1. The first-order valence-corrected chi connectivity index (χ1v) is 9.74. The number of likely N-dealkylation sites (tertiary alicyclic amines) is 1. The number of nitrogens with one attached hydrogen (secondary N) is 1. The highest BCUT2D eigenvalue weighted by Crippen LogP contribution is 2.32. The Morgan fingerprint density at radius 1 is 1.07 bits per heavy atom. The second kappa shape index (κ2) is 7.20. The van der Waals surface area contributed by atoms with Gasteiger partial charge in [0, 0.05) is 11.5 Å². The first-order chi connectivity index (χ1) is 13.0. The summed E-state index contributed by atoms with van der Waals surface area (Å²) in [5.41, 5.74) is 2.68. The van der Waals surface area contributed by atoms with Gasteiger partial charge >= 0.3 is 5.63 Å². The van der Waals surface area contributed by atoms with Crippen LogP contribution in [0.1, 0.15) is 38.7 Å². The molecule has 0 saturated carbocycles. The summed E-state index contributed by atoms with van der Waals surface area (Å²) in [4.78, 5) is 13.7. The lowest BCUT2D eigenvalue weighted by Gasteiger charge is -2.36. The molecule has 0 amide bonds. The summed E-state index contributed by atoms with van der Waals surface area (Å²) in [5, 5.41) is 11.5. The summed E-state index contributed by atoms with van der Waals surface area (Å²) < 4.78 is 5.62. The molecule has 2 aromatic carbocycles. The van der Waals surface area contributed by atoms with Gasteiger partial charge in [0.05, 0.1) is 17.6 Å². The fraction of sp³-hybridized carbons (Fsp3) is 0.348. The number of fused-ring (bicyclic) bond motifs is 1. The standard InChI is InChI=1S/C23H25NO3/c1-15-7-6-8-16(2)24(15)14-20-21(25)12-11-18-19(13-22(26)27-23(18)20)17-9-4-3-5-10-17/h3-5,9-13,15-16,25H,6-8,14H2,1-2H3/p+1/t15-,16-/m1/s1. The SMILES string of the molecule is C[C@@H]1CCC[C@@H](C)[NH+]1Cc1c(O)ccc2c(-c3ccccc3)cc(=O)oc12. The monoisotopic (exact) mass is 364 g/mol. The molecule has 2 heterocycles. The number of piperidine rings is 1. The van der Waals surface area contributed by atoms with Crippen molar-refractivity contribution in [1.82, 2.24) is 0 Å². The molecular formula is C23H26NO3+. The quantitative estimate of drug-likeness (QED) is 0.699. The van der Waals surface area contributed by atoms with Crippen molar-refractivity contribution < 1.29 is 14.4 Å². The molecule has 0 bridgehead atoms. The Morgan fingerprint density at radius 3 is 2.48 bits per heavy atom. The van der Waals surface area contributed by atoms with Crippen molar-refractivity contribution in [2.45, 2.75) is 51.7 Å². The molecule has 3 aromatic rings. The van der Waals surface area contributed by atoms with E-state index in [1.807, 2.05) is 36.4 Å². The fourth-order valence-electron chi connectivity index (χ4n) is 4.44. The van der Waals surface area contributed by atoms with Crippen LogP contribution in [-0.4, -0.2) is 17.2 Å². The van der Waals surface area contributed by atoms with Crippen LogP contribution >= 0.6 is 0 Å². The first kappa shape index (κ1) is 17.8. The number of hydrogen-bond acceptors (Lipinski definition) is 3. The van der Waals surface area contributed by atoms with Gasteiger partial charge in [-0.25, -0.2) is 4.79 Å². The summed E-state index contributed by atoms with van der Waals surface area (Å²) in [6.45, 7) is 5.18. The average Bonchev–Trinajstić information content (AvgIpc) is 2.66. The normalized spacial score (nSPS) is 20.8. The van der Waals surface area contributed by atoms with Crippen molar-refractivity contribution in [2.75, 3.05) is 0 Å². The van der Waals surface area contributed by atoms with Crippen LogP contribution in [0.3, 0.4) is 0 Å². The van der Waals surface area contributed by atoms with Gasteiger partial charge in [-0.2, -0.15) is 0 Å². The van der Waals surface area contributed by atoms with Crippen LogP contribution in [0.5, 0.6) is 5.75 Å². The van der Waals surface area contributed by atoms with E-state index in [4.69, 9.17) is 4.42 Å². The van der Waals surface area contributed by atoms with E-state index < -0.39 is 0 Å². The van der Waals surface area contributed by atoms with E-state index in [1.165, 1.54) is 30.2 Å². The number of quaternary nitrogens is 1. The zero-order valence-corrected chi connectivity index (χ0v) is 15.9. The maximum absolute atomic E-state index is 12.3. The van der Waals surface area contributed by atoms with Crippen molar-refractivity contribution in [3.8, 4) is 16.9 Å². The molecule has 1 saturated heterocycles. The number of benzene rings is 2. The minimum absolute atomic E-state index is 0.202. The van der Waals surface area contributed by atoms with Crippen molar-refractivity contribution in [3.05, 3.63) is 64.5 Å². The Kier molecular flexibility index (Phi) is 4.75. The van der Waals surface area contributed by atoms with Gasteiger partial charge in [0.15, 0.2) is 5.58 Å². The molecule has 4 nitrogen and oxygen atoms in total. The molecule has 0 radical (unpaired) electrons. The lowest BCUT2D eigenvalue weighted by molar-refractivity contribution is -0.964. The molecule has 0 aliphatic carbocycles. The van der Waals surface area contributed by atoms with Crippen LogP contribution in [0.4, 0.5) is 0 Å². The molecule has 4 heteroatoms. The van der Waals surface area contributed by atoms with Gasteiger partial charge < -0.3 is 14.4 Å². The van der Waals surface area contributed by atoms with E-state index in [-0.39, 0.29) is 11.4 Å². The Balaban J connectivity index is 1.87. The minimum Gasteiger partial charge on any atom is -0.507 e. The summed E-state index contributed by atoms with van der Waals surface area (Å²) >= 11 is 0. The van der Waals surface area contributed by atoms with Crippen LogP contribution in [0, 0.1) is 0 Å². The summed E-state index contributed by atoms with van der Waals surface area (Å²) in [7, 11) is 0. The lowest BCUT2D eigenvalue weighted by atomic mass is 9.95. The predicted molar refractivity (Wildman–Crippen MR) is 107 cm³/mol. The van der Waals surface area contributed by atoms with E-state index in [9.17, 15) is 9.90 Å². The van der Waals surface area contributed by atoms with E-state index in [0.29, 0.717) is 24.2 Å². The van der Waals surface area contributed by atoms with E-state index >= 15 is 0 Å². The van der Waals surface area contributed by atoms with Crippen LogP contribution in [0.25, 0.3) is 22.1 Å². The molecule has 1 aliphatic rings. The molecule has 0 spiro atoms. The maximum atomic E-state index is 12.3. The largest absolute Gasteiger partial charge is 0.507 e. The van der Waals surface area contributed by atoms with Crippen LogP contribution in [-0.2, 0) is 6.54 Å². The Morgan fingerprint density at radius 2 is 1.78 bits per heavy atom. The van der Waals surface area contributed by atoms with Gasteiger partial charge in [-0.3, -0.25) is 0 Å². The van der Waals surface area contributed by atoms with Gasteiger partial charge in [0.2, 0.25) is 0 Å². The predicted octanol–water partition coefficient (Wildman–Crippen LogP) is 3.51. The summed E-state index contributed by atoms with van der Waals surface area (Å²) in [6.07, 6.45) is 3.62. The molecule has 2 N–H and O–H groups in total. The van der Waals surface area contributed by atoms with E-state index in [2.05, 4.69) is 13.8 Å². The van der Waals surface area contributed by atoms with Gasteiger partial charge in [0.1, 0.15) is 12.3 Å². The molecule has 1 aliphatic heterocycles. The zero-order chi connectivity index (χ0) is 19.0. The Bertz CT molecular complexity index is 999. The highest BCUT2D eigenvalue weighted by Gasteiger charge is 2.30. The van der Waals surface area contributed by atoms with Gasteiger partial charge in [0.25, 0.3) is 0 Å². The van der Waals surface area contributed by atoms with Crippen molar-refractivity contribution in [3.63, 3.8) is 0 Å². The molecule has 2 atom stereocenters. The third-order valence-electron chi connectivity index (χ3n) is 6.00. The van der Waals surface area contributed by atoms with Gasteiger partial charge in [-0.05, 0) is 56.4 Å². The van der Waals surface area contributed by atoms with Gasteiger partial charge in [-0.1, -0.05) is 30.3 Å². The number of rotatable bonds is 3. The van der Waals surface area contributed by atoms with Crippen LogP contribution in [0.15, 0.2) is 57.7 Å². The van der Waals surface area contributed by atoms with Gasteiger partial charge in [-0.15, -0.1) is 0 Å². The summed E-state index contributed by atoms with van der Waals surface area (Å²) in [6, 6.07) is 16.0. The second-order valence-corrected chi connectivity index (χ2v) is 7.77. The van der Waals surface area contributed by atoms with Crippen molar-refractivity contribution >= 4 is 11.0 Å². The Hall–Kier alpha value is -2.59. The Labute approximate surface area is 159 Å². The smallest absolute Gasteiger partial charge is 0.336 e. The third kappa shape index (κ3) is 3.37. The molecule has 1 fully saturated rings. The maximum Gasteiger partial charge on any atom is 0.336 e. The molecule has 4 rings (SSSR count). The van der Waals surface area contributed by atoms with Crippen molar-refractivity contribution in [2.24, 2.45) is 0 Å². The molecule has 27 heavy (non-hydrogen) atoms. The number of hydrogen-bond donors (Lipinski definition) is 2.